The van der Waals surface area contributed by atoms with Gasteiger partial charge in [-0.05, 0) is 35.9 Å². The number of benzene rings is 2. The maximum atomic E-state index is 6.34. The number of aromatic nitrogens is 1. The van der Waals surface area contributed by atoms with Crippen molar-refractivity contribution < 1.29 is 4.74 Å². The fourth-order valence-corrected chi connectivity index (χ4v) is 3.20. The minimum absolute atomic E-state index is 0.0890. The van der Waals surface area contributed by atoms with Crippen LogP contribution >= 0.6 is 34.8 Å². The standard InChI is InChI=1S/C17H10Cl3NO/c18-10-3-1-9(2-4-10)15-7-12(16-8-22-16)13-5-11(19)6-14(20)17(13)21-15/h1-7,16H,8H2. The van der Waals surface area contributed by atoms with E-state index in [1.807, 2.05) is 36.4 Å². The third-order valence-corrected chi connectivity index (χ3v) is 4.44. The monoisotopic (exact) mass is 349 g/mol. The van der Waals surface area contributed by atoms with Crippen LogP contribution in [0.25, 0.3) is 22.2 Å². The van der Waals surface area contributed by atoms with Gasteiger partial charge in [0.1, 0.15) is 6.10 Å². The quantitative estimate of drug-likeness (QED) is 0.535. The molecule has 3 aromatic rings. The van der Waals surface area contributed by atoms with Crippen molar-refractivity contribution in [3.63, 3.8) is 0 Å². The zero-order valence-electron chi connectivity index (χ0n) is 11.3. The molecule has 22 heavy (non-hydrogen) atoms. The van der Waals surface area contributed by atoms with Gasteiger partial charge >= 0.3 is 0 Å². The Morgan fingerprint density at radius 1 is 0.955 bits per heavy atom. The van der Waals surface area contributed by atoms with Gasteiger partial charge in [-0.1, -0.05) is 46.9 Å². The van der Waals surface area contributed by atoms with Crippen LogP contribution in [0.3, 0.4) is 0 Å². The topological polar surface area (TPSA) is 25.4 Å². The van der Waals surface area contributed by atoms with Crippen LogP contribution in [0, 0.1) is 0 Å². The van der Waals surface area contributed by atoms with Crippen molar-refractivity contribution in [3.8, 4) is 11.3 Å². The molecule has 1 aliphatic rings. The van der Waals surface area contributed by atoms with E-state index in [1.165, 1.54) is 0 Å². The Kier molecular flexibility index (Phi) is 3.50. The fourth-order valence-electron chi connectivity index (χ4n) is 2.54. The highest BCUT2D eigenvalue weighted by molar-refractivity contribution is 6.38. The Morgan fingerprint density at radius 3 is 2.36 bits per heavy atom. The van der Waals surface area contributed by atoms with Gasteiger partial charge in [0.25, 0.3) is 0 Å². The lowest BCUT2D eigenvalue weighted by Crippen LogP contribution is -1.93. The fraction of sp³-hybridized carbons (Fsp3) is 0.118. The molecular formula is C17H10Cl3NO. The van der Waals surface area contributed by atoms with Crippen LogP contribution < -0.4 is 0 Å². The Labute approximate surface area is 142 Å². The Morgan fingerprint density at radius 2 is 1.68 bits per heavy atom. The summed E-state index contributed by atoms with van der Waals surface area (Å²) in [5.74, 6) is 0. The normalized spacial score (nSPS) is 17.0. The molecule has 4 rings (SSSR count). The predicted molar refractivity (Wildman–Crippen MR) is 90.9 cm³/mol. The molecule has 1 aromatic heterocycles. The Bertz CT molecular complexity index is 873. The van der Waals surface area contributed by atoms with Gasteiger partial charge in [0.15, 0.2) is 0 Å². The van der Waals surface area contributed by atoms with Crippen molar-refractivity contribution in [2.45, 2.75) is 6.10 Å². The molecule has 1 atom stereocenters. The highest BCUT2D eigenvalue weighted by atomic mass is 35.5. The first-order chi connectivity index (χ1) is 10.6. The highest BCUT2D eigenvalue weighted by Gasteiger charge is 2.28. The van der Waals surface area contributed by atoms with E-state index in [0.29, 0.717) is 21.7 Å². The van der Waals surface area contributed by atoms with E-state index in [0.717, 1.165) is 27.7 Å². The Balaban J connectivity index is 1.99. The minimum atomic E-state index is 0.0890. The van der Waals surface area contributed by atoms with Crippen LogP contribution in [0.15, 0.2) is 42.5 Å². The van der Waals surface area contributed by atoms with Crippen molar-refractivity contribution in [2.75, 3.05) is 6.61 Å². The zero-order chi connectivity index (χ0) is 15.3. The van der Waals surface area contributed by atoms with E-state index < -0.39 is 0 Å². The molecular weight excluding hydrogens is 341 g/mol. The van der Waals surface area contributed by atoms with Crippen molar-refractivity contribution in [3.05, 3.63) is 63.1 Å². The average molecular weight is 351 g/mol. The van der Waals surface area contributed by atoms with Gasteiger partial charge in [0.2, 0.25) is 0 Å². The lowest BCUT2D eigenvalue weighted by Gasteiger charge is -2.10. The van der Waals surface area contributed by atoms with Gasteiger partial charge in [-0.2, -0.15) is 0 Å². The van der Waals surface area contributed by atoms with Gasteiger partial charge < -0.3 is 4.74 Å². The SMILES string of the molecule is Clc1ccc(-c2cc(C3CO3)c3cc(Cl)cc(Cl)c3n2)cc1. The number of pyridine rings is 1. The van der Waals surface area contributed by atoms with Gasteiger partial charge in [-0.25, -0.2) is 4.98 Å². The van der Waals surface area contributed by atoms with Crippen LogP contribution in [0.1, 0.15) is 11.7 Å². The third kappa shape index (κ3) is 2.57. The molecule has 1 aliphatic heterocycles. The van der Waals surface area contributed by atoms with Crippen molar-refractivity contribution in [1.29, 1.82) is 0 Å². The van der Waals surface area contributed by atoms with E-state index in [4.69, 9.17) is 44.5 Å². The van der Waals surface area contributed by atoms with Crippen molar-refractivity contribution in [1.82, 2.24) is 4.98 Å². The van der Waals surface area contributed by atoms with Gasteiger partial charge in [0.05, 0.1) is 22.8 Å². The van der Waals surface area contributed by atoms with Gasteiger partial charge in [-0.3, -0.25) is 0 Å². The molecule has 1 fully saturated rings. The number of hydrogen-bond acceptors (Lipinski definition) is 2. The first-order valence-electron chi connectivity index (χ1n) is 6.79. The Hall–Kier alpha value is -1.32. The molecule has 0 amide bonds. The van der Waals surface area contributed by atoms with Crippen LogP contribution in [-0.2, 0) is 4.74 Å². The van der Waals surface area contributed by atoms with Crippen LogP contribution in [0.2, 0.25) is 15.1 Å². The van der Waals surface area contributed by atoms with E-state index in [9.17, 15) is 0 Å². The number of halogens is 3. The zero-order valence-corrected chi connectivity index (χ0v) is 13.6. The van der Waals surface area contributed by atoms with E-state index in [2.05, 4.69) is 0 Å². The molecule has 0 aliphatic carbocycles. The maximum Gasteiger partial charge on any atom is 0.107 e. The summed E-state index contributed by atoms with van der Waals surface area (Å²) >= 11 is 18.4. The summed E-state index contributed by atoms with van der Waals surface area (Å²) in [6.07, 6.45) is 0.0890. The lowest BCUT2D eigenvalue weighted by atomic mass is 10.0. The minimum Gasteiger partial charge on any atom is -0.368 e. The van der Waals surface area contributed by atoms with Crippen molar-refractivity contribution in [2.24, 2.45) is 0 Å². The van der Waals surface area contributed by atoms with Gasteiger partial charge in [-0.15, -0.1) is 0 Å². The van der Waals surface area contributed by atoms with Gasteiger partial charge in [0, 0.05) is 21.0 Å². The summed E-state index contributed by atoms with van der Waals surface area (Å²) < 4.78 is 5.46. The second-order valence-corrected chi connectivity index (χ2v) is 6.49. The van der Waals surface area contributed by atoms with Crippen molar-refractivity contribution >= 4 is 45.7 Å². The molecule has 0 bridgehead atoms. The summed E-state index contributed by atoms with van der Waals surface area (Å²) in [5.41, 5.74) is 3.64. The second kappa shape index (κ2) is 5.39. The molecule has 0 N–H and O–H groups in total. The lowest BCUT2D eigenvalue weighted by molar-refractivity contribution is 0.417. The van der Waals surface area contributed by atoms with Crippen LogP contribution in [0.5, 0.6) is 0 Å². The molecule has 110 valence electrons. The summed E-state index contributed by atoms with van der Waals surface area (Å²) in [7, 11) is 0. The molecule has 2 heterocycles. The predicted octanol–water partition coefficient (Wildman–Crippen LogP) is 5.93. The number of rotatable bonds is 2. The number of ether oxygens (including phenoxy) is 1. The molecule has 1 saturated heterocycles. The smallest absolute Gasteiger partial charge is 0.107 e. The third-order valence-electron chi connectivity index (χ3n) is 3.68. The molecule has 2 nitrogen and oxygen atoms in total. The highest BCUT2D eigenvalue weighted by Crippen LogP contribution is 2.39. The second-order valence-electron chi connectivity index (χ2n) is 5.21. The number of nitrogens with zero attached hydrogens (tertiary/aromatic N) is 1. The number of hydrogen-bond donors (Lipinski definition) is 0. The molecule has 0 radical (unpaired) electrons. The van der Waals surface area contributed by atoms with E-state index in [-0.39, 0.29) is 6.10 Å². The van der Waals surface area contributed by atoms with Crippen LogP contribution in [0.4, 0.5) is 0 Å². The molecule has 1 unspecified atom stereocenters. The first kappa shape index (κ1) is 14.3. The van der Waals surface area contributed by atoms with E-state index in [1.54, 1.807) is 6.07 Å². The summed E-state index contributed by atoms with van der Waals surface area (Å²) in [6, 6.07) is 13.2. The number of fused-ring (bicyclic) bond motifs is 1. The molecule has 5 heteroatoms. The summed E-state index contributed by atoms with van der Waals surface area (Å²) in [6.45, 7) is 0.712. The van der Waals surface area contributed by atoms with Crippen LogP contribution in [-0.4, -0.2) is 11.6 Å². The number of epoxide rings is 1. The van der Waals surface area contributed by atoms with E-state index >= 15 is 0 Å². The molecule has 0 saturated carbocycles. The summed E-state index contributed by atoms with van der Waals surface area (Å²) in [5, 5.41) is 2.78. The molecule has 0 spiro atoms. The maximum absolute atomic E-state index is 6.34. The summed E-state index contributed by atoms with van der Waals surface area (Å²) in [4.78, 5) is 4.70. The average Bonchev–Trinajstić information content (AvgIpc) is 3.32. The first-order valence-corrected chi connectivity index (χ1v) is 7.92. The largest absolute Gasteiger partial charge is 0.368 e. The molecule has 2 aromatic carbocycles.